The second-order valence-corrected chi connectivity index (χ2v) is 10.1. The van der Waals surface area contributed by atoms with E-state index in [1.54, 1.807) is 6.07 Å². The molecule has 0 bridgehead atoms. The highest BCUT2D eigenvalue weighted by Gasteiger charge is 2.32. The fraction of sp³-hybridized carbons (Fsp3) is 0.750. The third-order valence-corrected chi connectivity index (χ3v) is 5.97. The second-order valence-electron chi connectivity index (χ2n) is 10.1. The largest absolute Gasteiger partial charge is 0.508 e. The molecule has 3 atom stereocenters. The van der Waals surface area contributed by atoms with E-state index < -0.39 is 0 Å². The molecule has 0 saturated carbocycles. The van der Waals surface area contributed by atoms with Gasteiger partial charge in [-0.05, 0) is 53.6 Å². The Balaban J connectivity index is 2.92. The van der Waals surface area contributed by atoms with E-state index in [1.807, 2.05) is 25.3 Å². The van der Waals surface area contributed by atoms with Gasteiger partial charge in [0.05, 0.1) is 6.10 Å². The second kappa shape index (κ2) is 9.78. The van der Waals surface area contributed by atoms with Gasteiger partial charge in [-0.2, -0.15) is 0 Å². The lowest BCUT2D eigenvalue weighted by Gasteiger charge is -2.37. The molecule has 0 aromatic heterocycles. The molecule has 0 aliphatic heterocycles. The van der Waals surface area contributed by atoms with Gasteiger partial charge in [-0.15, -0.1) is 0 Å². The average molecular weight is 363 g/mol. The van der Waals surface area contributed by atoms with E-state index in [0.717, 1.165) is 24.8 Å². The minimum absolute atomic E-state index is 0.168. The summed E-state index contributed by atoms with van der Waals surface area (Å²) in [4.78, 5) is 0. The van der Waals surface area contributed by atoms with E-state index in [9.17, 15) is 5.11 Å². The Morgan fingerprint density at radius 1 is 0.923 bits per heavy atom. The van der Waals surface area contributed by atoms with Gasteiger partial charge >= 0.3 is 0 Å². The van der Waals surface area contributed by atoms with Crippen LogP contribution in [0.15, 0.2) is 24.3 Å². The molecule has 3 unspecified atom stereocenters. The third-order valence-electron chi connectivity index (χ3n) is 5.97. The lowest BCUT2D eigenvalue weighted by Crippen LogP contribution is -2.31. The Bertz CT molecular complexity index is 522. The zero-order chi connectivity index (χ0) is 20.0. The van der Waals surface area contributed by atoms with Gasteiger partial charge in [0, 0.05) is 7.11 Å². The van der Waals surface area contributed by atoms with Gasteiger partial charge in [0.25, 0.3) is 0 Å². The highest BCUT2D eigenvalue weighted by atomic mass is 16.5. The van der Waals surface area contributed by atoms with Gasteiger partial charge in [0.15, 0.2) is 0 Å². The molecule has 1 N–H and O–H groups in total. The minimum atomic E-state index is 0.168. The predicted molar refractivity (Wildman–Crippen MR) is 113 cm³/mol. The molecule has 150 valence electrons. The van der Waals surface area contributed by atoms with E-state index in [4.69, 9.17) is 4.74 Å². The minimum Gasteiger partial charge on any atom is -0.508 e. The van der Waals surface area contributed by atoms with Crippen LogP contribution in [0.3, 0.4) is 0 Å². The van der Waals surface area contributed by atoms with Crippen molar-refractivity contribution < 1.29 is 9.84 Å². The predicted octanol–water partition coefficient (Wildman–Crippen LogP) is 6.85. The molecule has 1 rings (SSSR count). The van der Waals surface area contributed by atoms with Crippen LogP contribution in [0, 0.1) is 22.7 Å². The molecule has 2 heteroatoms. The summed E-state index contributed by atoms with van der Waals surface area (Å²) in [5, 5.41) is 10.2. The Hall–Kier alpha value is -1.02. The van der Waals surface area contributed by atoms with E-state index in [-0.39, 0.29) is 11.5 Å². The van der Waals surface area contributed by atoms with Crippen LogP contribution in [-0.2, 0) is 11.2 Å². The van der Waals surface area contributed by atoms with Crippen LogP contribution in [-0.4, -0.2) is 18.3 Å². The fourth-order valence-corrected chi connectivity index (χ4v) is 3.87. The number of hydrogen-bond acceptors (Lipinski definition) is 2. The smallest absolute Gasteiger partial charge is 0.118 e. The van der Waals surface area contributed by atoms with Crippen LogP contribution in [0.25, 0.3) is 0 Å². The first-order valence-electron chi connectivity index (χ1n) is 10.3. The van der Waals surface area contributed by atoms with Crippen molar-refractivity contribution in [3.8, 4) is 5.75 Å². The topological polar surface area (TPSA) is 29.5 Å². The van der Waals surface area contributed by atoms with Crippen molar-refractivity contribution >= 4 is 0 Å². The zero-order valence-corrected chi connectivity index (χ0v) is 18.4. The zero-order valence-electron chi connectivity index (χ0n) is 18.4. The molecule has 0 aliphatic carbocycles. The highest BCUT2D eigenvalue weighted by molar-refractivity contribution is 5.32. The summed E-state index contributed by atoms with van der Waals surface area (Å²) in [6, 6.07) is 7.74. The summed E-state index contributed by atoms with van der Waals surface area (Å²) >= 11 is 0. The van der Waals surface area contributed by atoms with Crippen molar-refractivity contribution in [1.82, 2.24) is 0 Å². The standard InChI is InChI=1S/C24H42O2/c1-9-12-19(23(2,3)4)16-21(26-8)17-20(24(5,6)7)15-18-13-10-11-14-22(18)25/h10-11,13-14,19-21,25H,9,12,15-17H2,1-8H3. The molecule has 0 fully saturated rings. The first-order valence-corrected chi connectivity index (χ1v) is 10.3. The van der Waals surface area contributed by atoms with Crippen molar-refractivity contribution in [3.63, 3.8) is 0 Å². The van der Waals surface area contributed by atoms with Crippen molar-refractivity contribution in [2.75, 3.05) is 7.11 Å². The van der Waals surface area contributed by atoms with Crippen LogP contribution in [0.2, 0.25) is 0 Å². The van der Waals surface area contributed by atoms with Crippen LogP contribution >= 0.6 is 0 Å². The first kappa shape index (κ1) is 23.0. The van der Waals surface area contributed by atoms with Crippen molar-refractivity contribution in [2.24, 2.45) is 22.7 Å². The Morgan fingerprint density at radius 2 is 1.46 bits per heavy atom. The number of phenols is 1. The van der Waals surface area contributed by atoms with Gasteiger partial charge in [-0.3, -0.25) is 0 Å². The third kappa shape index (κ3) is 7.31. The summed E-state index contributed by atoms with van der Waals surface area (Å²) < 4.78 is 5.95. The molecule has 0 radical (unpaired) electrons. The number of hydrogen-bond donors (Lipinski definition) is 1. The van der Waals surface area contributed by atoms with E-state index in [2.05, 4.69) is 48.5 Å². The van der Waals surface area contributed by atoms with Gasteiger partial charge < -0.3 is 9.84 Å². The molecule has 2 nitrogen and oxygen atoms in total. The number of para-hydroxylation sites is 1. The normalized spacial score (nSPS) is 16.3. The Morgan fingerprint density at radius 3 is 1.92 bits per heavy atom. The molecule has 1 aromatic carbocycles. The van der Waals surface area contributed by atoms with Crippen LogP contribution < -0.4 is 0 Å². The molecule has 0 heterocycles. The molecular weight excluding hydrogens is 320 g/mol. The summed E-state index contributed by atoms with van der Waals surface area (Å²) in [6.45, 7) is 16.2. The molecule has 0 saturated heterocycles. The van der Waals surface area contributed by atoms with Crippen molar-refractivity contribution in [1.29, 1.82) is 0 Å². The number of benzene rings is 1. The Kier molecular flexibility index (Phi) is 8.66. The van der Waals surface area contributed by atoms with Gasteiger partial charge in [0.1, 0.15) is 5.75 Å². The lowest BCUT2D eigenvalue weighted by molar-refractivity contribution is 0.0226. The molecule has 0 aliphatic rings. The van der Waals surface area contributed by atoms with Crippen molar-refractivity contribution in [3.05, 3.63) is 29.8 Å². The van der Waals surface area contributed by atoms with Gasteiger partial charge in [-0.25, -0.2) is 0 Å². The summed E-state index contributed by atoms with van der Waals surface area (Å²) in [7, 11) is 1.86. The van der Waals surface area contributed by atoms with Crippen LogP contribution in [0.5, 0.6) is 5.75 Å². The number of aromatic hydroxyl groups is 1. The number of ether oxygens (including phenoxy) is 1. The SMILES string of the molecule is CCCC(CC(CC(Cc1ccccc1O)C(C)(C)C)OC)C(C)(C)C. The number of methoxy groups -OCH3 is 1. The molecule has 0 amide bonds. The van der Waals surface area contributed by atoms with Crippen molar-refractivity contribution in [2.45, 2.75) is 86.7 Å². The van der Waals surface area contributed by atoms with Gasteiger partial charge in [0.2, 0.25) is 0 Å². The van der Waals surface area contributed by atoms with Crippen LogP contribution in [0.1, 0.15) is 79.7 Å². The fourth-order valence-electron chi connectivity index (χ4n) is 3.87. The maximum atomic E-state index is 10.2. The molecular formula is C24H42O2. The lowest BCUT2D eigenvalue weighted by atomic mass is 9.71. The van der Waals surface area contributed by atoms with Gasteiger partial charge in [-0.1, -0.05) is 79.5 Å². The number of rotatable bonds is 9. The number of phenolic OH excluding ortho intramolecular Hbond substituents is 1. The Labute approximate surface area is 162 Å². The quantitative estimate of drug-likeness (QED) is 0.520. The van der Waals surface area contributed by atoms with E-state index >= 15 is 0 Å². The maximum Gasteiger partial charge on any atom is 0.118 e. The summed E-state index contributed by atoms with van der Waals surface area (Å²) in [6.07, 6.45) is 5.78. The van der Waals surface area contributed by atoms with Crippen LogP contribution in [0.4, 0.5) is 0 Å². The summed E-state index contributed by atoms with van der Waals surface area (Å²) in [5.74, 6) is 1.54. The molecule has 26 heavy (non-hydrogen) atoms. The summed E-state index contributed by atoms with van der Waals surface area (Å²) in [5.41, 5.74) is 1.52. The van der Waals surface area contributed by atoms with E-state index in [1.165, 1.54) is 12.8 Å². The molecule has 0 spiro atoms. The maximum absolute atomic E-state index is 10.2. The first-order chi connectivity index (χ1) is 12.0. The molecule has 1 aromatic rings. The van der Waals surface area contributed by atoms with E-state index in [0.29, 0.717) is 23.0 Å². The highest BCUT2D eigenvalue weighted by Crippen LogP contribution is 2.39. The monoisotopic (exact) mass is 362 g/mol. The average Bonchev–Trinajstić information content (AvgIpc) is 2.52.